The zero-order valence-electron chi connectivity index (χ0n) is 11.2. The van der Waals surface area contributed by atoms with Gasteiger partial charge in [0.25, 0.3) is 0 Å². The molecule has 1 heterocycles. The molecule has 1 atom stereocenters. The quantitative estimate of drug-likeness (QED) is 0.868. The van der Waals surface area contributed by atoms with Crippen molar-refractivity contribution in [2.24, 2.45) is 11.7 Å². The Morgan fingerprint density at radius 3 is 2.94 bits per heavy atom. The molecule has 0 amide bonds. The Kier molecular flexibility index (Phi) is 3.58. The third-order valence-electron chi connectivity index (χ3n) is 3.96. The fourth-order valence-corrected chi connectivity index (χ4v) is 2.68. The van der Waals surface area contributed by atoms with Gasteiger partial charge in [0.1, 0.15) is 0 Å². The van der Waals surface area contributed by atoms with Gasteiger partial charge in [0.2, 0.25) is 0 Å². The number of anilines is 1. The van der Waals surface area contributed by atoms with Crippen LogP contribution in [-0.4, -0.2) is 18.6 Å². The molecule has 18 heavy (non-hydrogen) atoms. The molecule has 1 saturated heterocycles. The van der Waals surface area contributed by atoms with Gasteiger partial charge in [0, 0.05) is 17.8 Å². The Morgan fingerprint density at radius 2 is 2.28 bits per heavy atom. The maximum Gasteiger partial charge on any atom is 0.0992 e. The zero-order valence-corrected chi connectivity index (χ0v) is 11.2. The molecule has 0 aliphatic carbocycles. The van der Waals surface area contributed by atoms with E-state index in [9.17, 15) is 0 Å². The smallest absolute Gasteiger partial charge is 0.0992 e. The molecule has 2 rings (SSSR count). The van der Waals surface area contributed by atoms with Crippen LogP contribution in [0.15, 0.2) is 24.3 Å². The first-order valence-corrected chi connectivity index (χ1v) is 6.54. The molecule has 1 fully saturated rings. The van der Waals surface area contributed by atoms with Crippen molar-refractivity contribution >= 4 is 5.69 Å². The summed E-state index contributed by atoms with van der Waals surface area (Å²) >= 11 is 0. The van der Waals surface area contributed by atoms with E-state index in [1.807, 2.05) is 18.2 Å². The minimum Gasteiger partial charge on any atom is -0.366 e. The summed E-state index contributed by atoms with van der Waals surface area (Å²) in [6, 6.07) is 10.1. The van der Waals surface area contributed by atoms with Crippen LogP contribution in [0.2, 0.25) is 0 Å². The predicted molar refractivity (Wildman–Crippen MR) is 74.4 cm³/mol. The minimum absolute atomic E-state index is 0.139. The monoisotopic (exact) mass is 243 g/mol. The standard InChI is InChI=1S/C15H21N3/c1-15(2)7-6-13(10-17)11-18(15)14-5-3-4-12(8-14)9-16/h3-5,8,13H,6-7,10-11,17H2,1-2H3. The van der Waals surface area contributed by atoms with Crippen molar-refractivity contribution in [3.8, 4) is 6.07 Å². The molecule has 0 aromatic heterocycles. The van der Waals surface area contributed by atoms with Crippen LogP contribution in [0.1, 0.15) is 32.3 Å². The lowest BCUT2D eigenvalue weighted by Crippen LogP contribution is -2.51. The lowest BCUT2D eigenvalue weighted by atomic mass is 9.84. The lowest BCUT2D eigenvalue weighted by Gasteiger charge is -2.47. The summed E-state index contributed by atoms with van der Waals surface area (Å²) in [6.45, 7) is 6.25. The topological polar surface area (TPSA) is 53.0 Å². The number of benzene rings is 1. The number of hydrogen-bond donors (Lipinski definition) is 1. The average Bonchev–Trinajstić information content (AvgIpc) is 2.38. The van der Waals surface area contributed by atoms with E-state index < -0.39 is 0 Å². The van der Waals surface area contributed by atoms with Crippen LogP contribution in [0.5, 0.6) is 0 Å². The molecule has 1 aliphatic rings. The zero-order chi connectivity index (χ0) is 13.2. The molecule has 1 aromatic carbocycles. The molecular weight excluding hydrogens is 222 g/mol. The van der Waals surface area contributed by atoms with Gasteiger partial charge in [-0.15, -0.1) is 0 Å². The number of nitrogens with two attached hydrogens (primary N) is 1. The molecule has 0 radical (unpaired) electrons. The third kappa shape index (κ3) is 2.49. The first kappa shape index (κ1) is 12.9. The SMILES string of the molecule is CC1(C)CCC(CN)CN1c1cccc(C#N)c1. The molecule has 1 unspecified atom stereocenters. The summed E-state index contributed by atoms with van der Waals surface area (Å²) in [5.41, 5.74) is 7.80. The van der Waals surface area contributed by atoms with Gasteiger partial charge in [-0.3, -0.25) is 0 Å². The molecule has 0 spiro atoms. The van der Waals surface area contributed by atoms with Gasteiger partial charge in [-0.1, -0.05) is 6.07 Å². The van der Waals surface area contributed by atoms with Crippen molar-refractivity contribution in [3.05, 3.63) is 29.8 Å². The second-order valence-corrected chi connectivity index (χ2v) is 5.73. The van der Waals surface area contributed by atoms with Crippen molar-refractivity contribution < 1.29 is 0 Å². The number of piperidine rings is 1. The van der Waals surface area contributed by atoms with Crippen molar-refractivity contribution in [1.82, 2.24) is 0 Å². The molecular formula is C15H21N3. The molecule has 1 aromatic rings. The second kappa shape index (κ2) is 4.99. The van der Waals surface area contributed by atoms with Gasteiger partial charge in [-0.25, -0.2) is 0 Å². The van der Waals surface area contributed by atoms with Gasteiger partial charge in [0.05, 0.1) is 11.6 Å². The van der Waals surface area contributed by atoms with Crippen LogP contribution in [0, 0.1) is 17.2 Å². The Balaban J connectivity index is 2.30. The largest absolute Gasteiger partial charge is 0.366 e. The molecule has 3 heteroatoms. The van der Waals surface area contributed by atoms with Crippen molar-refractivity contribution in [1.29, 1.82) is 5.26 Å². The molecule has 3 nitrogen and oxygen atoms in total. The van der Waals surface area contributed by atoms with E-state index in [4.69, 9.17) is 11.0 Å². The lowest BCUT2D eigenvalue weighted by molar-refractivity contribution is 0.295. The van der Waals surface area contributed by atoms with E-state index in [2.05, 4.69) is 30.9 Å². The Hall–Kier alpha value is -1.53. The van der Waals surface area contributed by atoms with Gasteiger partial charge in [-0.05, 0) is 57.4 Å². The molecule has 2 N–H and O–H groups in total. The first-order chi connectivity index (χ1) is 8.56. The van der Waals surface area contributed by atoms with E-state index in [0.29, 0.717) is 5.92 Å². The highest BCUT2D eigenvalue weighted by atomic mass is 15.2. The normalized spacial score (nSPS) is 22.6. The summed E-state index contributed by atoms with van der Waals surface area (Å²) in [6.07, 6.45) is 2.34. The number of rotatable bonds is 2. The van der Waals surface area contributed by atoms with Crippen molar-refractivity contribution in [3.63, 3.8) is 0 Å². The Morgan fingerprint density at radius 1 is 1.50 bits per heavy atom. The van der Waals surface area contributed by atoms with Gasteiger partial charge >= 0.3 is 0 Å². The van der Waals surface area contributed by atoms with Crippen LogP contribution < -0.4 is 10.6 Å². The highest BCUT2D eigenvalue weighted by Gasteiger charge is 2.33. The fourth-order valence-electron chi connectivity index (χ4n) is 2.68. The molecule has 1 aliphatic heterocycles. The maximum atomic E-state index is 9.00. The average molecular weight is 243 g/mol. The predicted octanol–water partition coefficient (Wildman–Crippen LogP) is 2.51. The number of nitriles is 1. The van der Waals surface area contributed by atoms with E-state index in [1.54, 1.807) is 0 Å². The maximum absolute atomic E-state index is 9.00. The molecule has 0 saturated carbocycles. The highest BCUT2D eigenvalue weighted by molar-refractivity contribution is 5.53. The van der Waals surface area contributed by atoms with E-state index in [-0.39, 0.29) is 5.54 Å². The van der Waals surface area contributed by atoms with Gasteiger partial charge < -0.3 is 10.6 Å². The van der Waals surface area contributed by atoms with E-state index in [0.717, 1.165) is 30.8 Å². The summed E-state index contributed by atoms with van der Waals surface area (Å²) in [7, 11) is 0. The van der Waals surface area contributed by atoms with Gasteiger partial charge in [0.15, 0.2) is 0 Å². The third-order valence-corrected chi connectivity index (χ3v) is 3.96. The van der Waals surface area contributed by atoms with Crippen LogP contribution >= 0.6 is 0 Å². The Labute approximate surface area is 109 Å². The van der Waals surface area contributed by atoms with E-state index in [1.165, 1.54) is 6.42 Å². The summed E-state index contributed by atoms with van der Waals surface area (Å²) in [4.78, 5) is 2.40. The van der Waals surface area contributed by atoms with E-state index >= 15 is 0 Å². The van der Waals surface area contributed by atoms with Crippen LogP contribution in [0.4, 0.5) is 5.69 Å². The minimum atomic E-state index is 0.139. The molecule has 0 bridgehead atoms. The van der Waals surface area contributed by atoms with Crippen LogP contribution in [0.3, 0.4) is 0 Å². The van der Waals surface area contributed by atoms with Crippen molar-refractivity contribution in [2.75, 3.05) is 18.0 Å². The molecule has 96 valence electrons. The summed E-state index contributed by atoms with van der Waals surface area (Å²) in [5, 5.41) is 9.00. The fraction of sp³-hybridized carbons (Fsp3) is 0.533. The van der Waals surface area contributed by atoms with Crippen molar-refractivity contribution in [2.45, 2.75) is 32.2 Å². The number of nitrogens with zero attached hydrogens (tertiary/aromatic N) is 2. The summed E-state index contributed by atoms with van der Waals surface area (Å²) < 4.78 is 0. The second-order valence-electron chi connectivity index (χ2n) is 5.73. The van der Waals surface area contributed by atoms with Crippen LogP contribution in [0.25, 0.3) is 0 Å². The van der Waals surface area contributed by atoms with Crippen LogP contribution in [-0.2, 0) is 0 Å². The summed E-state index contributed by atoms with van der Waals surface area (Å²) in [5.74, 6) is 0.559. The van der Waals surface area contributed by atoms with Gasteiger partial charge in [-0.2, -0.15) is 5.26 Å². The highest BCUT2D eigenvalue weighted by Crippen LogP contribution is 2.34. The Bertz CT molecular complexity index is 459. The first-order valence-electron chi connectivity index (χ1n) is 6.54. The number of hydrogen-bond acceptors (Lipinski definition) is 3.